The van der Waals surface area contributed by atoms with Crippen molar-refractivity contribution in [3.05, 3.63) is 17.5 Å². The Labute approximate surface area is 83.1 Å². The smallest absolute Gasteiger partial charge is 0.254 e. The Balaban J connectivity index is 2.40. The summed E-state index contributed by atoms with van der Waals surface area (Å²) in [6, 6.07) is 0.112. The molecule has 1 rings (SSSR count). The van der Waals surface area contributed by atoms with Gasteiger partial charge >= 0.3 is 0 Å². The van der Waals surface area contributed by atoms with Gasteiger partial charge in [-0.3, -0.25) is 9.89 Å². The highest BCUT2D eigenvalue weighted by atomic mass is 16.1. The van der Waals surface area contributed by atoms with Crippen molar-refractivity contribution >= 4 is 5.91 Å². The molecule has 0 saturated carbocycles. The second-order valence-electron chi connectivity index (χ2n) is 3.43. The maximum atomic E-state index is 11.5. The predicted molar refractivity (Wildman–Crippen MR) is 53.9 cm³/mol. The van der Waals surface area contributed by atoms with E-state index in [2.05, 4.69) is 15.5 Å². The highest BCUT2D eigenvalue weighted by Gasteiger charge is 2.09. The fourth-order valence-corrected chi connectivity index (χ4v) is 1.09. The van der Waals surface area contributed by atoms with Gasteiger partial charge in [0.2, 0.25) is 0 Å². The predicted octanol–water partition coefficient (Wildman–Crippen LogP) is 0.185. The maximum absolute atomic E-state index is 11.5. The van der Waals surface area contributed by atoms with E-state index in [1.54, 1.807) is 0 Å². The zero-order chi connectivity index (χ0) is 10.6. The van der Waals surface area contributed by atoms with Crippen LogP contribution in [-0.2, 0) is 0 Å². The number of amides is 1. The van der Waals surface area contributed by atoms with Crippen LogP contribution in [0.2, 0.25) is 0 Å². The molecule has 0 saturated heterocycles. The van der Waals surface area contributed by atoms with Crippen molar-refractivity contribution in [3.63, 3.8) is 0 Å². The number of nitrogens with one attached hydrogen (secondary N) is 2. The monoisotopic (exact) mass is 196 g/mol. The molecule has 1 amide bonds. The van der Waals surface area contributed by atoms with Gasteiger partial charge in [0, 0.05) is 18.3 Å². The molecule has 14 heavy (non-hydrogen) atoms. The van der Waals surface area contributed by atoms with Crippen molar-refractivity contribution in [2.24, 2.45) is 5.73 Å². The van der Waals surface area contributed by atoms with Crippen LogP contribution in [0.1, 0.15) is 29.4 Å². The first-order valence-corrected chi connectivity index (χ1v) is 4.65. The summed E-state index contributed by atoms with van der Waals surface area (Å²) in [7, 11) is 0. The molecule has 0 spiro atoms. The van der Waals surface area contributed by atoms with Gasteiger partial charge in [0.05, 0.1) is 11.8 Å². The molecule has 1 atom stereocenters. The Morgan fingerprint density at radius 1 is 1.79 bits per heavy atom. The molecule has 1 heterocycles. The molecular formula is C9H16N4O. The summed E-state index contributed by atoms with van der Waals surface area (Å²) in [5.41, 5.74) is 6.93. The Kier molecular flexibility index (Phi) is 3.64. The molecule has 0 aliphatic carbocycles. The van der Waals surface area contributed by atoms with Crippen molar-refractivity contribution in [1.82, 2.24) is 15.5 Å². The van der Waals surface area contributed by atoms with Crippen LogP contribution in [0, 0.1) is 6.92 Å². The van der Waals surface area contributed by atoms with Crippen LogP contribution in [0.5, 0.6) is 0 Å². The largest absolute Gasteiger partial charge is 0.352 e. The summed E-state index contributed by atoms with van der Waals surface area (Å²) in [6.07, 6.45) is 2.30. The number of nitrogens with two attached hydrogens (primary N) is 1. The Bertz CT molecular complexity index is 306. The maximum Gasteiger partial charge on any atom is 0.254 e. The van der Waals surface area contributed by atoms with Crippen LogP contribution in [0.25, 0.3) is 0 Å². The van der Waals surface area contributed by atoms with Crippen LogP contribution in [0.3, 0.4) is 0 Å². The van der Waals surface area contributed by atoms with Crippen molar-refractivity contribution in [2.75, 3.05) is 6.54 Å². The lowest BCUT2D eigenvalue weighted by Gasteiger charge is -2.06. The fraction of sp³-hybridized carbons (Fsp3) is 0.556. The highest BCUT2D eigenvalue weighted by molar-refractivity contribution is 5.94. The average molecular weight is 196 g/mol. The molecule has 1 aromatic rings. The molecule has 0 radical (unpaired) electrons. The molecule has 0 fully saturated rings. The topological polar surface area (TPSA) is 83.8 Å². The number of aryl methyl sites for hydroxylation is 1. The summed E-state index contributed by atoms with van der Waals surface area (Å²) in [6.45, 7) is 4.32. The number of rotatable bonds is 4. The Hall–Kier alpha value is -1.36. The first-order chi connectivity index (χ1) is 6.61. The molecule has 1 unspecified atom stereocenters. The van der Waals surface area contributed by atoms with Crippen LogP contribution in [0.4, 0.5) is 0 Å². The van der Waals surface area contributed by atoms with E-state index in [0.29, 0.717) is 12.1 Å². The number of hydrogen-bond acceptors (Lipinski definition) is 3. The van der Waals surface area contributed by atoms with E-state index in [0.717, 1.165) is 12.1 Å². The van der Waals surface area contributed by atoms with E-state index in [4.69, 9.17) is 5.73 Å². The van der Waals surface area contributed by atoms with E-state index < -0.39 is 0 Å². The normalized spacial score (nSPS) is 12.5. The van der Waals surface area contributed by atoms with Gasteiger partial charge in [-0.15, -0.1) is 0 Å². The van der Waals surface area contributed by atoms with Crippen LogP contribution >= 0.6 is 0 Å². The molecule has 78 valence electrons. The van der Waals surface area contributed by atoms with Crippen molar-refractivity contribution in [1.29, 1.82) is 0 Å². The molecular weight excluding hydrogens is 180 g/mol. The minimum Gasteiger partial charge on any atom is -0.352 e. The number of carbonyl (C=O) groups is 1. The van der Waals surface area contributed by atoms with Crippen molar-refractivity contribution in [3.8, 4) is 0 Å². The number of carbonyl (C=O) groups excluding carboxylic acids is 1. The van der Waals surface area contributed by atoms with E-state index in [-0.39, 0.29) is 11.9 Å². The second-order valence-corrected chi connectivity index (χ2v) is 3.43. The van der Waals surface area contributed by atoms with E-state index >= 15 is 0 Å². The summed E-state index contributed by atoms with van der Waals surface area (Å²) in [5, 5.41) is 9.27. The van der Waals surface area contributed by atoms with Gasteiger partial charge in [-0.25, -0.2) is 0 Å². The minimum absolute atomic E-state index is 0.100. The van der Waals surface area contributed by atoms with Crippen LogP contribution in [-0.4, -0.2) is 28.7 Å². The SMILES string of the molecule is Cc1[nH]ncc1C(=O)NCCC(C)N. The van der Waals surface area contributed by atoms with Crippen molar-refractivity contribution < 1.29 is 4.79 Å². The lowest BCUT2D eigenvalue weighted by Crippen LogP contribution is -2.29. The molecule has 5 heteroatoms. The third-order valence-electron chi connectivity index (χ3n) is 1.96. The summed E-state index contributed by atoms with van der Waals surface area (Å²) < 4.78 is 0. The molecule has 0 bridgehead atoms. The number of aromatic amines is 1. The van der Waals surface area contributed by atoms with Gasteiger partial charge in [0.1, 0.15) is 0 Å². The second kappa shape index (κ2) is 4.76. The molecule has 0 aromatic carbocycles. The minimum atomic E-state index is -0.100. The third kappa shape index (κ3) is 2.85. The lowest BCUT2D eigenvalue weighted by atomic mass is 10.2. The summed E-state index contributed by atoms with van der Waals surface area (Å²) in [5.74, 6) is -0.100. The van der Waals surface area contributed by atoms with Crippen LogP contribution < -0.4 is 11.1 Å². The molecule has 0 aliphatic rings. The molecule has 5 nitrogen and oxygen atoms in total. The molecule has 0 aliphatic heterocycles. The average Bonchev–Trinajstić information content (AvgIpc) is 2.50. The zero-order valence-electron chi connectivity index (χ0n) is 8.50. The van der Waals surface area contributed by atoms with Crippen LogP contribution in [0.15, 0.2) is 6.20 Å². The molecule has 1 aromatic heterocycles. The van der Waals surface area contributed by atoms with Gasteiger partial charge in [0.15, 0.2) is 0 Å². The van der Waals surface area contributed by atoms with E-state index in [1.807, 2.05) is 13.8 Å². The first-order valence-electron chi connectivity index (χ1n) is 4.65. The molecule has 4 N–H and O–H groups in total. The third-order valence-corrected chi connectivity index (χ3v) is 1.96. The number of aromatic nitrogens is 2. The number of hydrogen-bond donors (Lipinski definition) is 3. The first kappa shape index (κ1) is 10.7. The Morgan fingerprint density at radius 3 is 3.00 bits per heavy atom. The van der Waals surface area contributed by atoms with Gasteiger partial charge in [-0.05, 0) is 20.3 Å². The van der Waals surface area contributed by atoms with E-state index in [1.165, 1.54) is 6.20 Å². The van der Waals surface area contributed by atoms with Gasteiger partial charge in [-0.1, -0.05) is 0 Å². The summed E-state index contributed by atoms with van der Waals surface area (Å²) >= 11 is 0. The highest BCUT2D eigenvalue weighted by Crippen LogP contribution is 2.01. The van der Waals surface area contributed by atoms with Gasteiger partial charge in [0.25, 0.3) is 5.91 Å². The summed E-state index contributed by atoms with van der Waals surface area (Å²) in [4.78, 5) is 11.5. The zero-order valence-corrected chi connectivity index (χ0v) is 8.50. The number of nitrogens with zero attached hydrogens (tertiary/aromatic N) is 1. The standard InChI is InChI=1S/C9H16N4O/c1-6(10)3-4-11-9(14)8-5-12-13-7(8)2/h5-6H,3-4,10H2,1-2H3,(H,11,14)(H,12,13). The lowest BCUT2D eigenvalue weighted by molar-refractivity contribution is 0.0952. The van der Waals surface area contributed by atoms with Gasteiger partial charge < -0.3 is 11.1 Å². The van der Waals surface area contributed by atoms with E-state index in [9.17, 15) is 4.79 Å². The number of H-pyrrole nitrogens is 1. The quantitative estimate of drug-likeness (QED) is 0.642. The van der Waals surface area contributed by atoms with Crippen molar-refractivity contribution in [2.45, 2.75) is 26.3 Å². The Morgan fingerprint density at radius 2 is 2.50 bits per heavy atom. The van der Waals surface area contributed by atoms with Gasteiger partial charge in [-0.2, -0.15) is 5.10 Å². The fourth-order valence-electron chi connectivity index (χ4n) is 1.09.